The highest BCUT2D eigenvalue weighted by molar-refractivity contribution is 5.97. The maximum absolute atomic E-state index is 12.2. The molecule has 0 saturated heterocycles. The second kappa shape index (κ2) is 9.48. The number of carbonyl (C=O) groups excluding carboxylic acids is 2. The zero-order valence-electron chi connectivity index (χ0n) is 16.6. The fourth-order valence-corrected chi connectivity index (χ4v) is 2.55. The van der Waals surface area contributed by atoms with Gasteiger partial charge >= 0.3 is 5.97 Å². The van der Waals surface area contributed by atoms with Crippen molar-refractivity contribution in [1.82, 2.24) is 15.5 Å². The highest BCUT2D eigenvalue weighted by atomic mass is 16.6. The Balaban J connectivity index is 1.56. The van der Waals surface area contributed by atoms with Gasteiger partial charge < -0.3 is 19.3 Å². The Hall–Kier alpha value is -4.28. The third kappa shape index (κ3) is 5.41. The molecule has 0 saturated carbocycles. The summed E-state index contributed by atoms with van der Waals surface area (Å²) >= 11 is 0. The third-order valence-corrected chi connectivity index (χ3v) is 4.15. The van der Waals surface area contributed by atoms with Crippen LogP contribution in [0.3, 0.4) is 0 Å². The summed E-state index contributed by atoms with van der Waals surface area (Å²) in [5, 5.41) is 17.1. The maximum atomic E-state index is 12.2. The summed E-state index contributed by atoms with van der Waals surface area (Å²) in [6.07, 6.45) is 0. The molecule has 0 fully saturated rings. The molecule has 2 aromatic carbocycles. The molecule has 11 heteroatoms. The van der Waals surface area contributed by atoms with E-state index in [1.807, 2.05) is 0 Å². The third-order valence-electron chi connectivity index (χ3n) is 4.15. The molecule has 3 aromatic rings. The molecule has 11 nitrogen and oxygen atoms in total. The molecule has 0 aliphatic rings. The average molecular weight is 426 g/mol. The highest BCUT2D eigenvalue weighted by Crippen LogP contribution is 2.21. The lowest BCUT2D eigenvalue weighted by Gasteiger charge is -2.12. The van der Waals surface area contributed by atoms with E-state index in [4.69, 9.17) is 14.0 Å². The molecule has 160 valence electrons. The van der Waals surface area contributed by atoms with Crippen LogP contribution in [0.25, 0.3) is 11.4 Å². The Morgan fingerprint density at radius 2 is 2.00 bits per heavy atom. The van der Waals surface area contributed by atoms with Crippen LogP contribution in [0.5, 0.6) is 5.75 Å². The molecule has 0 aliphatic heterocycles. The van der Waals surface area contributed by atoms with Crippen LogP contribution in [0.15, 0.2) is 53.1 Å². The van der Waals surface area contributed by atoms with E-state index in [2.05, 4.69) is 15.5 Å². The van der Waals surface area contributed by atoms with E-state index < -0.39 is 22.8 Å². The number of esters is 1. The number of amides is 1. The van der Waals surface area contributed by atoms with Crippen molar-refractivity contribution in [1.29, 1.82) is 0 Å². The van der Waals surface area contributed by atoms with Crippen molar-refractivity contribution < 1.29 is 28.5 Å². The van der Waals surface area contributed by atoms with Crippen molar-refractivity contribution in [3.05, 3.63) is 70.1 Å². The molecular weight excluding hydrogens is 408 g/mol. The van der Waals surface area contributed by atoms with E-state index in [0.717, 1.165) is 6.07 Å². The number of nitrogens with one attached hydrogen (secondary N) is 1. The van der Waals surface area contributed by atoms with E-state index >= 15 is 0 Å². The number of carbonyl (C=O) groups is 2. The largest absolute Gasteiger partial charge is 0.497 e. The molecule has 0 aliphatic carbocycles. The van der Waals surface area contributed by atoms with Gasteiger partial charge in [0.25, 0.3) is 17.5 Å². The van der Waals surface area contributed by atoms with Crippen LogP contribution >= 0.6 is 0 Å². The van der Waals surface area contributed by atoms with E-state index in [1.54, 1.807) is 31.4 Å². The number of aromatic nitrogens is 2. The van der Waals surface area contributed by atoms with Crippen LogP contribution in [-0.4, -0.2) is 40.1 Å². The van der Waals surface area contributed by atoms with Crippen molar-refractivity contribution >= 4 is 17.6 Å². The van der Waals surface area contributed by atoms with E-state index in [9.17, 15) is 19.7 Å². The standard InChI is InChI=1S/C20H18N4O7/c1-12(21-19(25)14-6-3-7-15(9-14)24(27)28)20(26)30-11-17-22-18(23-31-17)13-5-4-8-16(10-13)29-2/h3-10,12H,11H2,1-2H3,(H,21,25). The summed E-state index contributed by atoms with van der Waals surface area (Å²) < 4.78 is 15.3. The second-order valence-electron chi connectivity index (χ2n) is 6.35. The van der Waals surface area contributed by atoms with E-state index in [-0.39, 0.29) is 23.7 Å². The van der Waals surface area contributed by atoms with Crippen molar-refractivity contribution in [3.63, 3.8) is 0 Å². The first-order valence-electron chi connectivity index (χ1n) is 9.06. The molecule has 31 heavy (non-hydrogen) atoms. The first-order valence-corrected chi connectivity index (χ1v) is 9.06. The minimum atomic E-state index is -1.01. The summed E-state index contributed by atoms with van der Waals surface area (Å²) in [7, 11) is 1.54. The lowest BCUT2D eigenvalue weighted by Crippen LogP contribution is -2.39. The second-order valence-corrected chi connectivity index (χ2v) is 6.35. The predicted octanol–water partition coefficient (Wildman–Crippen LogP) is 2.52. The van der Waals surface area contributed by atoms with Gasteiger partial charge in [0.15, 0.2) is 6.61 Å². The molecule has 1 heterocycles. The first kappa shape index (κ1) is 21.4. The topological polar surface area (TPSA) is 147 Å². The summed E-state index contributed by atoms with van der Waals surface area (Å²) in [6.45, 7) is 1.14. The van der Waals surface area contributed by atoms with Gasteiger partial charge in [-0.05, 0) is 25.1 Å². The van der Waals surface area contributed by atoms with Gasteiger partial charge in [-0.15, -0.1) is 0 Å². The molecule has 1 aromatic heterocycles. The van der Waals surface area contributed by atoms with Crippen LogP contribution < -0.4 is 10.1 Å². The van der Waals surface area contributed by atoms with Gasteiger partial charge in [0.1, 0.15) is 11.8 Å². The lowest BCUT2D eigenvalue weighted by molar-refractivity contribution is -0.384. The monoisotopic (exact) mass is 426 g/mol. The molecular formula is C20H18N4O7. The van der Waals surface area contributed by atoms with Crippen molar-refractivity contribution in [2.24, 2.45) is 0 Å². The lowest BCUT2D eigenvalue weighted by atomic mass is 10.2. The predicted molar refractivity (Wildman–Crippen MR) is 106 cm³/mol. The van der Waals surface area contributed by atoms with Gasteiger partial charge in [-0.2, -0.15) is 4.98 Å². The average Bonchev–Trinajstić information content (AvgIpc) is 3.26. The molecule has 3 rings (SSSR count). The Morgan fingerprint density at radius 3 is 2.74 bits per heavy atom. The maximum Gasteiger partial charge on any atom is 0.328 e. The minimum Gasteiger partial charge on any atom is -0.497 e. The number of nitro benzene ring substituents is 1. The van der Waals surface area contributed by atoms with Crippen LogP contribution in [0, 0.1) is 10.1 Å². The normalized spacial score (nSPS) is 11.4. The van der Waals surface area contributed by atoms with Gasteiger partial charge in [0, 0.05) is 23.3 Å². The molecule has 1 unspecified atom stereocenters. The molecule has 1 amide bonds. The summed E-state index contributed by atoms with van der Waals surface area (Å²) in [4.78, 5) is 38.8. The van der Waals surface area contributed by atoms with Crippen LogP contribution in [0.2, 0.25) is 0 Å². The van der Waals surface area contributed by atoms with Gasteiger partial charge in [0.05, 0.1) is 12.0 Å². The number of benzene rings is 2. The quantitative estimate of drug-likeness (QED) is 0.326. The number of ether oxygens (including phenoxy) is 2. The fraction of sp³-hybridized carbons (Fsp3) is 0.200. The number of nitro groups is 1. The molecule has 0 radical (unpaired) electrons. The molecule has 0 spiro atoms. The zero-order chi connectivity index (χ0) is 22.4. The van der Waals surface area contributed by atoms with E-state index in [1.165, 1.54) is 25.1 Å². The number of methoxy groups -OCH3 is 1. The van der Waals surface area contributed by atoms with Gasteiger partial charge in [-0.1, -0.05) is 23.4 Å². The van der Waals surface area contributed by atoms with E-state index in [0.29, 0.717) is 17.1 Å². The van der Waals surface area contributed by atoms with Gasteiger partial charge in [-0.3, -0.25) is 14.9 Å². The Bertz CT molecular complexity index is 1110. The van der Waals surface area contributed by atoms with Crippen molar-refractivity contribution in [3.8, 4) is 17.1 Å². The Kier molecular flexibility index (Phi) is 6.55. The summed E-state index contributed by atoms with van der Waals surface area (Å²) in [5.41, 5.74) is 0.484. The minimum absolute atomic E-state index is 0.0497. The SMILES string of the molecule is COc1cccc(-c2noc(COC(=O)C(C)NC(=O)c3cccc([N+](=O)[O-])c3)n2)c1. The highest BCUT2D eigenvalue weighted by Gasteiger charge is 2.20. The number of hydrogen-bond acceptors (Lipinski definition) is 9. The molecule has 1 N–H and O–H groups in total. The van der Waals surface area contributed by atoms with Crippen LogP contribution in [0.4, 0.5) is 5.69 Å². The first-order chi connectivity index (χ1) is 14.9. The smallest absolute Gasteiger partial charge is 0.328 e. The number of nitrogens with zero attached hydrogens (tertiary/aromatic N) is 3. The van der Waals surface area contributed by atoms with Crippen LogP contribution in [-0.2, 0) is 16.1 Å². The van der Waals surface area contributed by atoms with Crippen LogP contribution in [0.1, 0.15) is 23.2 Å². The van der Waals surface area contributed by atoms with Gasteiger partial charge in [-0.25, -0.2) is 4.79 Å². The molecule has 1 atom stereocenters. The molecule has 0 bridgehead atoms. The summed E-state index contributed by atoms with van der Waals surface area (Å²) in [5.74, 6) is -0.380. The summed E-state index contributed by atoms with van der Waals surface area (Å²) in [6, 6.07) is 11.2. The zero-order valence-corrected chi connectivity index (χ0v) is 16.6. The van der Waals surface area contributed by atoms with Crippen molar-refractivity contribution in [2.45, 2.75) is 19.6 Å². The van der Waals surface area contributed by atoms with Crippen molar-refractivity contribution in [2.75, 3.05) is 7.11 Å². The number of non-ortho nitro benzene ring substituents is 1. The van der Waals surface area contributed by atoms with Gasteiger partial charge in [0.2, 0.25) is 5.82 Å². The number of hydrogen-bond donors (Lipinski definition) is 1. The fourth-order valence-electron chi connectivity index (χ4n) is 2.55. The Labute approximate surface area is 176 Å². The number of rotatable bonds is 8. The Morgan fingerprint density at radius 1 is 1.23 bits per heavy atom.